The number of hydrogen-bond donors (Lipinski definition) is 0. The molecule has 0 aliphatic carbocycles. The molecule has 1 spiro atoms. The van der Waals surface area contributed by atoms with E-state index in [4.69, 9.17) is 9.15 Å². The number of furan rings is 1. The van der Waals surface area contributed by atoms with E-state index in [1.165, 1.54) is 11.8 Å². The van der Waals surface area contributed by atoms with Crippen LogP contribution in [0.15, 0.2) is 33.1 Å². The number of rotatable bonds is 4. The van der Waals surface area contributed by atoms with Crippen molar-refractivity contribution in [1.29, 1.82) is 0 Å². The number of aromatic nitrogens is 3. The average molecular weight is 377 g/mol. The molecule has 2 aliphatic rings. The molecule has 140 valence electrons. The molecule has 2 aromatic heterocycles. The molecule has 2 saturated heterocycles. The normalized spacial score (nSPS) is 24.2. The van der Waals surface area contributed by atoms with Crippen LogP contribution in [-0.2, 0) is 18.3 Å². The molecule has 1 atom stereocenters. The maximum atomic E-state index is 11.8. The number of ether oxygens (including phenoxy) is 1. The van der Waals surface area contributed by atoms with Gasteiger partial charge in [0.25, 0.3) is 0 Å². The monoisotopic (exact) mass is 377 g/mol. The standard InChI is InChI=1S/C17H23N5O3S/c1-20-11-17(25-16(20)23)6-3-8-22(9-7-17)10-13-4-5-14(24-13)26-15-19-18-12-21(15)2/h4-5,12H,3,6-11H2,1-2H3/t17-/m0/s1. The summed E-state index contributed by atoms with van der Waals surface area (Å²) >= 11 is 1.46. The van der Waals surface area contributed by atoms with Gasteiger partial charge in [-0.3, -0.25) is 4.90 Å². The minimum atomic E-state index is -0.310. The highest BCUT2D eigenvalue weighted by Crippen LogP contribution is 2.33. The molecular formula is C17H23N5O3S. The van der Waals surface area contributed by atoms with Gasteiger partial charge in [-0.1, -0.05) is 0 Å². The zero-order valence-corrected chi connectivity index (χ0v) is 15.9. The van der Waals surface area contributed by atoms with Crippen LogP contribution in [0.4, 0.5) is 4.79 Å². The molecule has 0 saturated carbocycles. The Balaban J connectivity index is 1.35. The predicted molar refractivity (Wildman–Crippen MR) is 94.8 cm³/mol. The fourth-order valence-electron chi connectivity index (χ4n) is 3.61. The van der Waals surface area contributed by atoms with E-state index in [9.17, 15) is 4.79 Å². The molecule has 2 aromatic rings. The zero-order chi connectivity index (χ0) is 18.1. The number of likely N-dealkylation sites (N-methyl/N-ethyl adjacent to an activating group) is 1. The molecule has 0 unspecified atom stereocenters. The highest BCUT2D eigenvalue weighted by molar-refractivity contribution is 7.99. The molecule has 8 nitrogen and oxygen atoms in total. The minimum Gasteiger partial charge on any atom is -0.453 e. The van der Waals surface area contributed by atoms with E-state index < -0.39 is 0 Å². The smallest absolute Gasteiger partial charge is 0.410 e. The lowest BCUT2D eigenvalue weighted by Gasteiger charge is -2.25. The Kier molecular flexibility index (Phi) is 4.66. The lowest BCUT2D eigenvalue weighted by Crippen LogP contribution is -2.35. The molecule has 2 fully saturated rings. The Morgan fingerprint density at radius 1 is 1.27 bits per heavy atom. The van der Waals surface area contributed by atoms with Crippen molar-refractivity contribution in [2.45, 2.75) is 41.7 Å². The second-order valence-corrected chi connectivity index (χ2v) is 8.06. The van der Waals surface area contributed by atoms with E-state index >= 15 is 0 Å². The Morgan fingerprint density at radius 3 is 2.88 bits per heavy atom. The average Bonchev–Trinajstić information content (AvgIpc) is 3.24. The first-order chi connectivity index (χ1) is 12.5. The van der Waals surface area contributed by atoms with Gasteiger partial charge in [0.2, 0.25) is 0 Å². The van der Waals surface area contributed by atoms with Crippen molar-refractivity contribution in [3.63, 3.8) is 0 Å². The topological polar surface area (TPSA) is 76.6 Å². The zero-order valence-electron chi connectivity index (χ0n) is 15.1. The van der Waals surface area contributed by atoms with Crippen LogP contribution >= 0.6 is 11.8 Å². The third kappa shape index (κ3) is 3.59. The number of nitrogens with zero attached hydrogens (tertiary/aromatic N) is 5. The van der Waals surface area contributed by atoms with Crippen LogP contribution in [0.5, 0.6) is 0 Å². The van der Waals surface area contributed by atoms with E-state index in [1.54, 1.807) is 18.3 Å². The Morgan fingerprint density at radius 2 is 2.15 bits per heavy atom. The van der Waals surface area contributed by atoms with Gasteiger partial charge in [0.05, 0.1) is 13.1 Å². The molecule has 4 heterocycles. The van der Waals surface area contributed by atoms with Crippen LogP contribution in [0.25, 0.3) is 0 Å². The molecule has 0 bridgehead atoms. The van der Waals surface area contributed by atoms with E-state index in [0.29, 0.717) is 6.54 Å². The number of likely N-dealkylation sites (tertiary alicyclic amines) is 1. The van der Waals surface area contributed by atoms with Crippen LogP contribution in [0.1, 0.15) is 25.0 Å². The van der Waals surface area contributed by atoms with Crippen LogP contribution < -0.4 is 0 Å². The summed E-state index contributed by atoms with van der Waals surface area (Å²) in [7, 11) is 3.71. The number of amides is 1. The van der Waals surface area contributed by atoms with Gasteiger partial charge >= 0.3 is 6.09 Å². The lowest BCUT2D eigenvalue weighted by atomic mass is 9.95. The van der Waals surface area contributed by atoms with Crippen molar-refractivity contribution in [1.82, 2.24) is 24.6 Å². The predicted octanol–water partition coefficient (Wildman–Crippen LogP) is 2.37. The fraction of sp³-hybridized carbons (Fsp3) is 0.588. The summed E-state index contributed by atoms with van der Waals surface area (Å²) in [6.07, 6.45) is 4.28. The molecular weight excluding hydrogens is 354 g/mol. The van der Waals surface area contributed by atoms with Crippen molar-refractivity contribution in [2.75, 3.05) is 26.7 Å². The van der Waals surface area contributed by atoms with Gasteiger partial charge in [0, 0.05) is 27.1 Å². The van der Waals surface area contributed by atoms with Crippen LogP contribution in [0.3, 0.4) is 0 Å². The van der Waals surface area contributed by atoms with Gasteiger partial charge in [0.1, 0.15) is 17.7 Å². The first-order valence-corrected chi connectivity index (χ1v) is 9.62. The van der Waals surface area contributed by atoms with Crippen molar-refractivity contribution >= 4 is 17.9 Å². The summed E-state index contributed by atoms with van der Waals surface area (Å²) in [5.74, 6) is 0.936. The van der Waals surface area contributed by atoms with Crippen LogP contribution in [0.2, 0.25) is 0 Å². The summed E-state index contributed by atoms with van der Waals surface area (Å²) in [5.41, 5.74) is -0.310. The van der Waals surface area contributed by atoms with Gasteiger partial charge in [-0.05, 0) is 43.3 Å². The number of carbonyl (C=O) groups is 1. The summed E-state index contributed by atoms with van der Waals surface area (Å²) < 4.78 is 13.5. The third-order valence-corrected chi connectivity index (χ3v) is 5.98. The highest BCUT2D eigenvalue weighted by Gasteiger charge is 2.44. The van der Waals surface area contributed by atoms with Gasteiger partial charge in [-0.15, -0.1) is 10.2 Å². The number of carbonyl (C=O) groups excluding carboxylic acids is 1. The van der Waals surface area contributed by atoms with E-state index in [0.717, 1.165) is 54.9 Å². The lowest BCUT2D eigenvalue weighted by molar-refractivity contribution is 0.0441. The maximum absolute atomic E-state index is 11.8. The van der Waals surface area contributed by atoms with Crippen LogP contribution in [-0.4, -0.2) is 62.9 Å². The summed E-state index contributed by atoms with van der Waals surface area (Å²) in [6.45, 7) is 3.33. The molecule has 0 N–H and O–H groups in total. The fourth-order valence-corrected chi connectivity index (χ4v) is 4.35. The largest absolute Gasteiger partial charge is 0.453 e. The third-order valence-electron chi connectivity index (χ3n) is 5.01. The van der Waals surface area contributed by atoms with E-state index in [-0.39, 0.29) is 11.7 Å². The van der Waals surface area contributed by atoms with Gasteiger partial charge in [0.15, 0.2) is 10.2 Å². The first-order valence-electron chi connectivity index (χ1n) is 8.80. The van der Waals surface area contributed by atoms with E-state index in [1.807, 2.05) is 23.7 Å². The minimum absolute atomic E-state index is 0.199. The van der Waals surface area contributed by atoms with E-state index in [2.05, 4.69) is 15.1 Å². The molecule has 2 aliphatic heterocycles. The van der Waals surface area contributed by atoms with Gasteiger partial charge in [-0.25, -0.2) is 4.79 Å². The SMILES string of the molecule is CN1C[C@@]2(CCCN(Cc3ccc(Sc4nncn4C)o3)CC2)OC1=O. The van der Waals surface area contributed by atoms with Crippen molar-refractivity contribution < 1.29 is 13.9 Å². The van der Waals surface area contributed by atoms with Crippen molar-refractivity contribution in [2.24, 2.45) is 7.05 Å². The number of hydrogen-bond acceptors (Lipinski definition) is 7. The first kappa shape index (κ1) is 17.4. The summed E-state index contributed by atoms with van der Waals surface area (Å²) in [5, 5.41) is 9.55. The summed E-state index contributed by atoms with van der Waals surface area (Å²) in [6, 6.07) is 3.99. The Hall–Kier alpha value is -2.00. The molecule has 26 heavy (non-hydrogen) atoms. The van der Waals surface area contributed by atoms with Crippen molar-refractivity contribution in [3.8, 4) is 0 Å². The quantitative estimate of drug-likeness (QED) is 0.809. The molecule has 1 amide bonds. The van der Waals surface area contributed by atoms with Gasteiger partial charge in [-0.2, -0.15) is 0 Å². The van der Waals surface area contributed by atoms with Gasteiger partial charge < -0.3 is 18.6 Å². The highest BCUT2D eigenvalue weighted by atomic mass is 32.2. The number of aryl methyl sites for hydroxylation is 1. The molecule has 4 rings (SSSR count). The Bertz CT molecular complexity index is 791. The Labute approximate surface area is 156 Å². The summed E-state index contributed by atoms with van der Waals surface area (Å²) in [4.78, 5) is 15.8. The second kappa shape index (κ2) is 6.96. The second-order valence-electron chi connectivity index (χ2n) is 7.08. The molecule has 0 radical (unpaired) electrons. The maximum Gasteiger partial charge on any atom is 0.410 e. The molecule has 0 aromatic carbocycles. The molecule has 9 heteroatoms. The van der Waals surface area contributed by atoms with Crippen LogP contribution in [0, 0.1) is 0 Å². The van der Waals surface area contributed by atoms with Crippen molar-refractivity contribution in [3.05, 3.63) is 24.2 Å².